The molecule has 3 N–H and O–H groups in total. The van der Waals surface area contributed by atoms with E-state index in [1.165, 1.54) is 0 Å². The molecule has 11 heteroatoms. The van der Waals surface area contributed by atoms with Crippen LogP contribution in [0.25, 0.3) is 22.4 Å². The van der Waals surface area contributed by atoms with Gasteiger partial charge in [-0.25, -0.2) is 14.8 Å². The van der Waals surface area contributed by atoms with Crippen LogP contribution in [-0.4, -0.2) is 56.7 Å². The fourth-order valence-electron chi connectivity index (χ4n) is 4.26. The first kappa shape index (κ1) is 24.3. The Balaban J connectivity index is 1.25. The number of nitrogens with one attached hydrogen (secondary N) is 2. The Morgan fingerprint density at radius 2 is 1.92 bits per heavy atom. The van der Waals surface area contributed by atoms with Gasteiger partial charge in [0.2, 0.25) is 5.65 Å². The van der Waals surface area contributed by atoms with E-state index in [4.69, 9.17) is 27.9 Å². The van der Waals surface area contributed by atoms with Gasteiger partial charge in [-0.05, 0) is 11.6 Å². The van der Waals surface area contributed by atoms with Crippen LogP contribution >= 0.6 is 23.2 Å². The number of H-pyrrole nitrogens is 1. The highest BCUT2D eigenvalue weighted by Gasteiger charge is 2.38. The molecule has 4 aromatic rings. The third-order valence-electron chi connectivity index (χ3n) is 6.35. The largest absolute Gasteiger partial charge is 0.440 e. The number of benzene rings is 2. The number of aliphatic hydroxyl groups is 1. The summed E-state index contributed by atoms with van der Waals surface area (Å²) in [7, 11) is 0. The number of aromatic amines is 1. The topological polar surface area (TPSA) is 116 Å². The summed E-state index contributed by atoms with van der Waals surface area (Å²) in [5.41, 5.74) is 2.40. The Labute approximate surface area is 217 Å². The van der Waals surface area contributed by atoms with Crippen molar-refractivity contribution in [1.82, 2.24) is 25.5 Å². The number of ether oxygens (including phenoxy) is 1. The van der Waals surface area contributed by atoms with Gasteiger partial charge in [-0.3, -0.25) is 5.10 Å². The summed E-state index contributed by atoms with van der Waals surface area (Å²) in [6.45, 7) is 1.16. The number of rotatable bonds is 6. The summed E-state index contributed by atoms with van der Waals surface area (Å²) in [4.78, 5) is 23.7. The van der Waals surface area contributed by atoms with Crippen LogP contribution in [0.2, 0.25) is 10.0 Å². The van der Waals surface area contributed by atoms with Gasteiger partial charge in [-0.15, -0.1) is 0 Å². The van der Waals surface area contributed by atoms with Crippen molar-refractivity contribution < 1.29 is 14.6 Å². The molecule has 0 bridgehead atoms. The van der Waals surface area contributed by atoms with E-state index in [2.05, 4.69) is 25.5 Å². The number of nitrogens with zero attached hydrogens (tertiary/aromatic N) is 4. The summed E-state index contributed by atoms with van der Waals surface area (Å²) in [5.74, 6) is 0.651. The van der Waals surface area contributed by atoms with Gasteiger partial charge in [0, 0.05) is 38.0 Å². The minimum Gasteiger partial charge on any atom is -0.440 e. The molecule has 5 rings (SSSR count). The van der Waals surface area contributed by atoms with Gasteiger partial charge in [0.25, 0.3) is 0 Å². The molecule has 186 valence electrons. The van der Waals surface area contributed by atoms with Crippen molar-refractivity contribution in [1.29, 1.82) is 0 Å². The smallest absolute Gasteiger partial charge is 0.408 e. The number of aromatic nitrogens is 4. The predicted octanol–water partition coefficient (Wildman–Crippen LogP) is 4.58. The number of carbonyl (C=O) groups excluding carboxylic acids is 1. The molecular weight excluding hydrogens is 503 g/mol. The van der Waals surface area contributed by atoms with Crippen molar-refractivity contribution in [2.75, 3.05) is 24.6 Å². The molecule has 1 fully saturated rings. The van der Waals surface area contributed by atoms with Gasteiger partial charge < -0.3 is 20.1 Å². The number of alkyl carbamates (subject to hydrolysis) is 1. The van der Waals surface area contributed by atoms with E-state index in [0.717, 1.165) is 5.56 Å². The molecule has 9 nitrogen and oxygen atoms in total. The quantitative estimate of drug-likeness (QED) is 0.336. The molecule has 2 aromatic carbocycles. The SMILES string of the molecule is O=C(NCc1ccccc1)OC1(CO)CCN(c2cnc3c(-c4cccc(Cl)c4Cl)[nH]nc3n2)CC1. The van der Waals surface area contributed by atoms with Crippen molar-refractivity contribution in [2.24, 2.45) is 0 Å². The summed E-state index contributed by atoms with van der Waals surface area (Å²) in [6, 6.07) is 14.9. The van der Waals surface area contributed by atoms with Gasteiger partial charge in [-0.2, -0.15) is 5.10 Å². The number of fused-ring (bicyclic) bond motifs is 1. The predicted molar refractivity (Wildman–Crippen MR) is 138 cm³/mol. The summed E-state index contributed by atoms with van der Waals surface area (Å²) in [5, 5.41) is 20.9. The summed E-state index contributed by atoms with van der Waals surface area (Å²) < 4.78 is 5.67. The average molecular weight is 527 g/mol. The third-order valence-corrected chi connectivity index (χ3v) is 7.17. The molecule has 2 aromatic heterocycles. The molecule has 0 unspecified atom stereocenters. The highest BCUT2D eigenvalue weighted by Crippen LogP contribution is 2.35. The monoisotopic (exact) mass is 526 g/mol. The van der Waals surface area contributed by atoms with Crippen molar-refractivity contribution >= 4 is 46.3 Å². The molecule has 1 aliphatic heterocycles. The number of piperidine rings is 1. The standard InChI is InChI=1S/C25H24Cl2N6O3/c26-18-8-4-7-17(20(18)27)21-22-23(32-31-21)30-19(14-28-22)33-11-9-25(15-34,10-12-33)36-24(35)29-13-16-5-2-1-3-6-16/h1-8,14,34H,9-13,15H2,(H,29,35)(H,30,31,32). The molecule has 1 saturated heterocycles. The minimum atomic E-state index is -0.947. The van der Waals surface area contributed by atoms with Crippen LogP contribution in [0.1, 0.15) is 18.4 Å². The number of amides is 1. The number of aliphatic hydroxyl groups excluding tert-OH is 1. The zero-order valence-corrected chi connectivity index (χ0v) is 20.8. The van der Waals surface area contributed by atoms with Gasteiger partial charge >= 0.3 is 6.09 Å². The number of hydrogen-bond acceptors (Lipinski definition) is 7. The van der Waals surface area contributed by atoms with Crippen LogP contribution in [0.4, 0.5) is 10.6 Å². The van der Waals surface area contributed by atoms with Crippen molar-refractivity contribution in [3.05, 3.63) is 70.3 Å². The van der Waals surface area contributed by atoms with Crippen LogP contribution < -0.4 is 10.2 Å². The fourth-order valence-corrected chi connectivity index (χ4v) is 4.66. The van der Waals surface area contributed by atoms with E-state index in [1.54, 1.807) is 12.3 Å². The van der Waals surface area contributed by atoms with E-state index in [-0.39, 0.29) is 6.61 Å². The maximum absolute atomic E-state index is 12.4. The van der Waals surface area contributed by atoms with Crippen molar-refractivity contribution in [3.8, 4) is 11.3 Å². The average Bonchev–Trinajstić information content (AvgIpc) is 3.33. The van der Waals surface area contributed by atoms with Crippen molar-refractivity contribution in [2.45, 2.75) is 25.0 Å². The first-order valence-corrected chi connectivity index (χ1v) is 12.3. The summed E-state index contributed by atoms with van der Waals surface area (Å²) in [6.07, 6.45) is 2.03. The maximum atomic E-state index is 12.4. The molecular formula is C25H24Cl2N6O3. The third kappa shape index (κ3) is 4.95. The van der Waals surface area contributed by atoms with Gasteiger partial charge in [0.05, 0.1) is 28.5 Å². The van der Waals surface area contributed by atoms with Crippen LogP contribution in [-0.2, 0) is 11.3 Å². The lowest BCUT2D eigenvalue weighted by atomic mass is 9.92. The van der Waals surface area contributed by atoms with Crippen LogP contribution in [0.15, 0.2) is 54.7 Å². The molecule has 1 amide bonds. The number of anilines is 1. The zero-order valence-electron chi connectivity index (χ0n) is 19.2. The number of carbonyl (C=O) groups is 1. The molecule has 0 spiro atoms. The van der Waals surface area contributed by atoms with Gasteiger partial charge in [0.15, 0.2) is 0 Å². The van der Waals surface area contributed by atoms with Gasteiger partial charge in [0.1, 0.15) is 16.9 Å². The molecule has 36 heavy (non-hydrogen) atoms. The van der Waals surface area contributed by atoms with E-state index < -0.39 is 11.7 Å². The highest BCUT2D eigenvalue weighted by molar-refractivity contribution is 6.43. The van der Waals surface area contributed by atoms with Gasteiger partial charge in [-0.1, -0.05) is 65.7 Å². The normalized spacial score (nSPS) is 15.1. The molecule has 1 aliphatic rings. The highest BCUT2D eigenvalue weighted by atomic mass is 35.5. The minimum absolute atomic E-state index is 0.257. The Hall–Kier alpha value is -3.40. The zero-order chi connectivity index (χ0) is 25.1. The second kappa shape index (κ2) is 10.3. The van der Waals surface area contributed by atoms with E-state index >= 15 is 0 Å². The van der Waals surface area contributed by atoms with Crippen LogP contribution in [0.3, 0.4) is 0 Å². The fraction of sp³-hybridized carbons (Fsp3) is 0.280. The molecule has 0 radical (unpaired) electrons. The van der Waals surface area contributed by atoms with E-state index in [0.29, 0.717) is 70.8 Å². The molecule has 0 aliphatic carbocycles. The number of halogens is 2. The molecule has 0 atom stereocenters. The van der Waals surface area contributed by atoms with Crippen LogP contribution in [0.5, 0.6) is 0 Å². The molecule has 0 saturated carbocycles. The van der Waals surface area contributed by atoms with E-state index in [9.17, 15) is 9.90 Å². The lowest BCUT2D eigenvalue weighted by Crippen LogP contribution is -2.51. The lowest BCUT2D eigenvalue weighted by Gasteiger charge is -2.40. The summed E-state index contributed by atoms with van der Waals surface area (Å²) >= 11 is 12.5. The van der Waals surface area contributed by atoms with Crippen LogP contribution in [0, 0.1) is 0 Å². The first-order valence-electron chi connectivity index (χ1n) is 11.5. The first-order chi connectivity index (χ1) is 17.5. The Bertz CT molecular complexity index is 1370. The second-order valence-electron chi connectivity index (χ2n) is 8.66. The van der Waals surface area contributed by atoms with Crippen molar-refractivity contribution in [3.63, 3.8) is 0 Å². The Kier molecular flexibility index (Phi) is 6.95. The molecule has 3 heterocycles. The Morgan fingerprint density at radius 3 is 2.67 bits per heavy atom. The second-order valence-corrected chi connectivity index (χ2v) is 9.44. The maximum Gasteiger partial charge on any atom is 0.408 e. The van der Waals surface area contributed by atoms with E-state index in [1.807, 2.05) is 47.4 Å². The number of hydrogen-bond donors (Lipinski definition) is 3. The lowest BCUT2D eigenvalue weighted by molar-refractivity contribution is -0.0460. The Morgan fingerprint density at radius 1 is 1.14 bits per heavy atom.